The molecule has 2 heterocycles. The number of nitrogens with zero attached hydrogens (tertiary/aromatic N) is 2. The van der Waals surface area contributed by atoms with Crippen molar-refractivity contribution in [3.05, 3.63) is 33.8 Å². The molecule has 1 aliphatic heterocycles. The highest BCUT2D eigenvalue weighted by molar-refractivity contribution is 7.80. The first-order chi connectivity index (χ1) is 10.1. The summed E-state index contributed by atoms with van der Waals surface area (Å²) in [5.74, 6) is 0.890. The molecule has 1 aromatic carbocycles. The fraction of sp³-hybridized carbons (Fsp3) is 0.286. The minimum absolute atomic E-state index is 0.229. The van der Waals surface area contributed by atoms with Crippen LogP contribution in [0, 0.1) is 0 Å². The number of anilines is 1. The second-order valence-corrected chi connectivity index (χ2v) is 6.17. The van der Waals surface area contributed by atoms with Gasteiger partial charge in [0.1, 0.15) is 5.82 Å². The molecule has 7 heteroatoms. The zero-order valence-electron chi connectivity index (χ0n) is 11.2. The second kappa shape index (κ2) is 5.83. The molecule has 3 rings (SSSR count). The predicted molar refractivity (Wildman–Crippen MR) is 91.3 cm³/mol. The lowest BCUT2D eigenvalue weighted by Gasteiger charge is -2.06. The summed E-state index contributed by atoms with van der Waals surface area (Å²) >= 11 is 17.2. The van der Waals surface area contributed by atoms with Gasteiger partial charge in [-0.2, -0.15) is 9.78 Å². The Kier molecular flexibility index (Phi) is 4.06. The van der Waals surface area contributed by atoms with Gasteiger partial charge in [-0.3, -0.25) is 0 Å². The monoisotopic (exact) mass is 340 g/mol. The van der Waals surface area contributed by atoms with Crippen LogP contribution in [-0.4, -0.2) is 21.4 Å². The van der Waals surface area contributed by atoms with Gasteiger partial charge in [0, 0.05) is 17.7 Å². The Morgan fingerprint density at radius 2 is 2.10 bits per heavy atom. The van der Waals surface area contributed by atoms with Gasteiger partial charge in [-0.15, -0.1) is 0 Å². The van der Waals surface area contributed by atoms with Crippen LogP contribution in [0.4, 0.5) is 5.82 Å². The second-order valence-electron chi connectivity index (χ2n) is 4.94. The van der Waals surface area contributed by atoms with Crippen LogP contribution in [0.15, 0.2) is 18.2 Å². The Labute approximate surface area is 138 Å². The molecule has 3 N–H and O–H groups in total. The summed E-state index contributed by atoms with van der Waals surface area (Å²) in [7, 11) is 0. The quantitative estimate of drug-likeness (QED) is 0.777. The smallest absolute Gasteiger partial charge is 0.193 e. The van der Waals surface area contributed by atoms with Crippen molar-refractivity contribution in [1.29, 1.82) is 0 Å². The van der Waals surface area contributed by atoms with Crippen molar-refractivity contribution in [3.63, 3.8) is 0 Å². The highest BCUT2D eigenvalue weighted by atomic mass is 35.5. The minimum atomic E-state index is 0.229. The van der Waals surface area contributed by atoms with Crippen LogP contribution in [0.25, 0.3) is 11.3 Å². The molecule has 0 unspecified atom stereocenters. The van der Waals surface area contributed by atoms with Gasteiger partial charge in [0.2, 0.25) is 0 Å². The summed E-state index contributed by atoms with van der Waals surface area (Å²) in [6, 6.07) is 5.50. The number of nitrogens with two attached hydrogens (primary N) is 1. The van der Waals surface area contributed by atoms with E-state index in [1.54, 1.807) is 10.7 Å². The molecule has 0 radical (unpaired) electrons. The van der Waals surface area contributed by atoms with Crippen molar-refractivity contribution in [2.75, 3.05) is 11.9 Å². The van der Waals surface area contributed by atoms with Crippen molar-refractivity contribution >= 4 is 46.4 Å². The van der Waals surface area contributed by atoms with E-state index < -0.39 is 0 Å². The fourth-order valence-electron chi connectivity index (χ4n) is 2.54. The molecule has 0 saturated heterocycles. The lowest BCUT2D eigenvalue weighted by Crippen LogP contribution is -2.22. The summed E-state index contributed by atoms with van der Waals surface area (Å²) in [6.07, 6.45) is 3.13. The Balaban J connectivity index is 2.17. The van der Waals surface area contributed by atoms with Crippen molar-refractivity contribution in [2.24, 2.45) is 5.73 Å². The third-order valence-corrected chi connectivity index (χ3v) is 4.44. The van der Waals surface area contributed by atoms with Crippen LogP contribution in [0.3, 0.4) is 0 Å². The molecular formula is C14H14Cl2N4S. The minimum Gasteiger partial charge on any atom is -0.374 e. The van der Waals surface area contributed by atoms with Gasteiger partial charge in [0.05, 0.1) is 15.7 Å². The number of benzene rings is 1. The van der Waals surface area contributed by atoms with E-state index in [4.69, 9.17) is 41.2 Å². The average Bonchev–Trinajstić information content (AvgIpc) is 2.65. The van der Waals surface area contributed by atoms with E-state index in [1.807, 2.05) is 12.1 Å². The maximum absolute atomic E-state index is 6.12. The number of aromatic nitrogens is 2. The number of halogens is 2. The summed E-state index contributed by atoms with van der Waals surface area (Å²) in [6.45, 7) is 0.891. The normalized spacial score (nSPS) is 14.2. The number of fused-ring (bicyclic) bond motifs is 1. The van der Waals surface area contributed by atoms with E-state index in [-0.39, 0.29) is 5.11 Å². The first-order valence-electron chi connectivity index (χ1n) is 6.69. The fourth-order valence-corrected chi connectivity index (χ4v) is 2.97. The summed E-state index contributed by atoms with van der Waals surface area (Å²) in [5.41, 5.74) is 8.67. The molecule has 0 spiro atoms. The van der Waals surface area contributed by atoms with Gasteiger partial charge >= 0.3 is 0 Å². The maximum Gasteiger partial charge on any atom is 0.193 e. The van der Waals surface area contributed by atoms with E-state index in [1.165, 1.54) is 0 Å². The molecule has 21 heavy (non-hydrogen) atoms. The highest BCUT2D eigenvalue weighted by Crippen LogP contribution is 2.34. The Bertz CT molecular complexity index is 711. The molecule has 1 aromatic heterocycles. The van der Waals surface area contributed by atoms with E-state index in [2.05, 4.69) is 10.4 Å². The molecule has 4 nitrogen and oxygen atoms in total. The molecule has 0 aliphatic carbocycles. The van der Waals surface area contributed by atoms with Gasteiger partial charge in [-0.1, -0.05) is 29.3 Å². The number of hydrogen-bond acceptors (Lipinski definition) is 3. The summed E-state index contributed by atoms with van der Waals surface area (Å²) in [5, 5.41) is 9.19. The molecule has 0 bridgehead atoms. The Morgan fingerprint density at radius 3 is 2.81 bits per heavy atom. The summed E-state index contributed by atoms with van der Waals surface area (Å²) < 4.78 is 1.59. The van der Waals surface area contributed by atoms with Crippen LogP contribution >= 0.6 is 35.4 Å². The van der Waals surface area contributed by atoms with Crippen molar-refractivity contribution in [1.82, 2.24) is 9.78 Å². The number of thiocarbonyl (C=S) groups is 1. The van der Waals surface area contributed by atoms with E-state index in [9.17, 15) is 0 Å². The molecular weight excluding hydrogens is 327 g/mol. The Hall–Kier alpha value is -1.30. The molecule has 2 aromatic rings. The Morgan fingerprint density at radius 1 is 1.29 bits per heavy atom. The first-order valence-corrected chi connectivity index (χ1v) is 7.85. The van der Waals surface area contributed by atoms with Crippen molar-refractivity contribution < 1.29 is 0 Å². The third kappa shape index (κ3) is 2.73. The first kappa shape index (κ1) is 14.6. The summed E-state index contributed by atoms with van der Waals surface area (Å²) in [4.78, 5) is 0. The molecule has 0 saturated carbocycles. The molecule has 0 fully saturated rings. The standard InChI is InChI=1S/C14H14Cl2N4S/c15-10-5-4-8(7-11(10)16)12-9-3-1-2-6-18-13(9)20(19-12)14(17)21/h4-5,7,18H,1-3,6H2,(H2,17,21). The topological polar surface area (TPSA) is 55.9 Å². The molecule has 0 atom stereocenters. The van der Waals surface area contributed by atoms with E-state index in [0.717, 1.165) is 48.4 Å². The van der Waals surface area contributed by atoms with Gasteiger partial charge in [0.25, 0.3) is 0 Å². The predicted octanol–water partition coefficient (Wildman–Crippen LogP) is 3.70. The average molecular weight is 341 g/mol. The van der Waals surface area contributed by atoms with Crippen LogP contribution in [-0.2, 0) is 6.42 Å². The molecule has 110 valence electrons. The van der Waals surface area contributed by atoms with Crippen LogP contribution in [0.1, 0.15) is 18.4 Å². The highest BCUT2D eigenvalue weighted by Gasteiger charge is 2.22. The third-order valence-electron chi connectivity index (χ3n) is 3.53. The van der Waals surface area contributed by atoms with Crippen molar-refractivity contribution in [3.8, 4) is 11.3 Å². The lowest BCUT2D eigenvalue weighted by atomic mass is 10.0. The van der Waals surface area contributed by atoms with E-state index in [0.29, 0.717) is 10.0 Å². The zero-order valence-corrected chi connectivity index (χ0v) is 13.5. The molecule has 0 amide bonds. The van der Waals surface area contributed by atoms with Crippen LogP contribution in [0.5, 0.6) is 0 Å². The maximum atomic E-state index is 6.12. The number of hydrogen-bond donors (Lipinski definition) is 2. The zero-order chi connectivity index (χ0) is 15.0. The SMILES string of the molecule is NC(=S)n1nc(-c2ccc(Cl)c(Cl)c2)c2c1NCCCC2. The van der Waals surface area contributed by atoms with Crippen molar-refractivity contribution in [2.45, 2.75) is 19.3 Å². The van der Waals surface area contributed by atoms with E-state index >= 15 is 0 Å². The van der Waals surface area contributed by atoms with Gasteiger partial charge < -0.3 is 11.1 Å². The van der Waals surface area contributed by atoms with Crippen LogP contribution in [0.2, 0.25) is 10.0 Å². The lowest BCUT2D eigenvalue weighted by molar-refractivity contribution is 0.782. The number of rotatable bonds is 1. The van der Waals surface area contributed by atoms with Crippen LogP contribution < -0.4 is 11.1 Å². The molecule has 1 aliphatic rings. The van der Waals surface area contributed by atoms with Gasteiger partial charge in [0.15, 0.2) is 5.11 Å². The number of nitrogens with one attached hydrogen (secondary N) is 1. The largest absolute Gasteiger partial charge is 0.374 e. The van der Waals surface area contributed by atoms with Gasteiger partial charge in [-0.05, 0) is 43.6 Å². The van der Waals surface area contributed by atoms with Gasteiger partial charge in [-0.25, -0.2) is 0 Å².